The van der Waals surface area contributed by atoms with E-state index >= 15 is 0 Å². The van der Waals surface area contributed by atoms with Gasteiger partial charge in [0, 0.05) is 10.9 Å². The van der Waals surface area contributed by atoms with E-state index < -0.39 is 0 Å². The predicted octanol–water partition coefficient (Wildman–Crippen LogP) is 1.68. The van der Waals surface area contributed by atoms with E-state index in [-0.39, 0.29) is 0 Å². The van der Waals surface area contributed by atoms with Crippen LogP contribution in [0.1, 0.15) is 12.5 Å². The van der Waals surface area contributed by atoms with Crippen molar-refractivity contribution in [1.29, 1.82) is 0 Å². The number of hydrogen-bond acceptors (Lipinski definition) is 4. The fourth-order valence-corrected chi connectivity index (χ4v) is 1.81. The molecule has 4 nitrogen and oxygen atoms in total. The summed E-state index contributed by atoms with van der Waals surface area (Å²) in [5, 5.41) is 8.79. The number of nitrogens with two attached hydrogens (primary N) is 1. The van der Waals surface area contributed by atoms with Gasteiger partial charge in [-0.15, -0.1) is 0 Å². The van der Waals surface area contributed by atoms with Gasteiger partial charge in [0.1, 0.15) is 11.5 Å². The minimum Gasteiger partial charge on any atom is -0.382 e. The molecule has 3 N–H and O–H groups in total. The summed E-state index contributed by atoms with van der Waals surface area (Å²) in [5.41, 5.74) is 8.61. The van der Waals surface area contributed by atoms with E-state index in [0.29, 0.717) is 5.82 Å². The molecular formula is C8H10N4S. The van der Waals surface area contributed by atoms with Gasteiger partial charge >= 0.3 is 0 Å². The van der Waals surface area contributed by atoms with Gasteiger partial charge in [-0.3, -0.25) is 5.10 Å². The lowest BCUT2D eigenvalue weighted by atomic mass is 10.1. The first kappa shape index (κ1) is 8.25. The number of rotatable bonds is 2. The highest BCUT2D eigenvalue weighted by atomic mass is 32.1. The highest BCUT2D eigenvalue weighted by molar-refractivity contribution is 7.03. The third-order valence-electron chi connectivity index (χ3n) is 1.95. The fourth-order valence-electron chi connectivity index (χ4n) is 1.29. The van der Waals surface area contributed by atoms with Crippen molar-refractivity contribution in [1.82, 2.24) is 14.6 Å². The van der Waals surface area contributed by atoms with Gasteiger partial charge in [0.05, 0.1) is 5.69 Å². The van der Waals surface area contributed by atoms with Crippen LogP contribution in [0, 0.1) is 0 Å². The van der Waals surface area contributed by atoms with Gasteiger partial charge in [-0.2, -0.15) is 9.47 Å². The quantitative estimate of drug-likeness (QED) is 0.764. The Morgan fingerprint density at radius 3 is 3.08 bits per heavy atom. The highest BCUT2D eigenvalue weighted by Crippen LogP contribution is 2.24. The van der Waals surface area contributed by atoms with Crippen molar-refractivity contribution >= 4 is 17.4 Å². The number of nitrogens with one attached hydrogen (secondary N) is 1. The second kappa shape index (κ2) is 3.18. The molecule has 0 saturated heterocycles. The number of H-pyrrole nitrogens is 1. The Kier molecular flexibility index (Phi) is 2.02. The molecule has 0 unspecified atom stereocenters. The van der Waals surface area contributed by atoms with Gasteiger partial charge in [-0.25, -0.2) is 0 Å². The first-order chi connectivity index (χ1) is 6.33. The maximum Gasteiger partial charge on any atom is 0.149 e. The Labute approximate surface area is 80.0 Å². The first-order valence-electron chi connectivity index (χ1n) is 4.06. The minimum absolute atomic E-state index is 0.575. The smallest absolute Gasteiger partial charge is 0.149 e. The average Bonchev–Trinajstić information content (AvgIpc) is 2.71. The summed E-state index contributed by atoms with van der Waals surface area (Å²) in [6.07, 6.45) is 0.870. The summed E-state index contributed by atoms with van der Waals surface area (Å²) in [5.74, 6) is 0.575. The number of aromatic amines is 1. The number of nitrogens with zero attached hydrogens (tertiary/aromatic N) is 2. The molecule has 0 radical (unpaired) electrons. The van der Waals surface area contributed by atoms with Crippen LogP contribution in [0.25, 0.3) is 11.4 Å². The van der Waals surface area contributed by atoms with Crippen LogP contribution >= 0.6 is 11.5 Å². The number of anilines is 1. The van der Waals surface area contributed by atoms with Crippen molar-refractivity contribution in [2.45, 2.75) is 13.3 Å². The Morgan fingerprint density at radius 1 is 1.62 bits per heavy atom. The Morgan fingerprint density at radius 2 is 2.46 bits per heavy atom. The number of hydrogen-bond donors (Lipinski definition) is 2. The molecule has 2 aromatic heterocycles. The molecule has 0 aliphatic heterocycles. The van der Waals surface area contributed by atoms with E-state index in [2.05, 4.69) is 21.5 Å². The lowest BCUT2D eigenvalue weighted by Gasteiger charge is -1.95. The van der Waals surface area contributed by atoms with E-state index in [1.807, 2.05) is 11.4 Å². The maximum absolute atomic E-state index is 5.69. The van der Waals surface area contributed by atoms with Gasteiger partial charge in [0.25, 0.3) is 0 Å². The summed E-state index contributed by atoms with van der Waals surface area (Å²) in [6.45, 7) is 2.05. The highest BCUT2D eigenvalue weighted by Gasteiger charge is 2.11. The second-order valence-electron chi connectivity index (χ2n) is 2.70. The van der Waals surface area contributed by atoms with Gasteiger partial charge in [-0.1, -0.05) is 6.92 Å². The summed E-state index contributed by atoms with van der Waals surface area (Å²) in [7, 11) is 0. The Bertz CT molecular complexity index is 390. The van der Waals surface area contributed by atoms with E-state index in [1.165, 1.54) is 11.5 Å². The van der Waals surface area contributed by atoms with Crippen LogP contribution in [-0.2, 0) is 6.42 Å². The third kappa shape index (κ3) is 1.31. The third-order valence-corrected chi connectivity index (χ3v) is 2.51. The predicted molar refractivity (Wildman–Crippen MR) is 53.5 cm³/mol. The molecule has 0 saturated carbocycles. The zero-order chi connectivity index (χ0) is 9.26. The number of aromatic nitrogens is 3. The summed E-state index contributed by atoms with van der Waals surface area (Å²) >= 11 is 1.42. The normalized spacial score (nSPS) is 10.5. The molecule has 0 bridgehead atoms. The standard InChI is InChI=1S/C8H10N4S/c1-2-5-7(10-11-8(5)9)6-3-4-13-12-6/h3-4H,2H2,1H3,(H3,9,10,11). The molecule has 0 spiro atoms. The second-order valence-corrected chi connectivity index (χ2v) is 3.37. The van der Waals surface area contributed by atoms with Gasteiger partial charge in [0.2, 0.25) is 0 Å². The molecular weight excluding hydrogens is 184 g/mol. The summed E-state index contributed by atoms with van der Waals surface area (Å²) < 4.78 is 4.22. The topological polar surface area (TPSA) is 67.6 Å². The molecule has 2 rings (SSSR count). The molecule has 68 valence electrons. The average molecular weight is 194 g/mol. The van der Waals surface area contributed by atoms with Crippen LogP contribution in [-0.4, -0.2) is 14.6 Å². The maximum atomic E-state index is 5.69. The molecule has 13 heavy (non-hydrogen) atoms. The van der Waals surface area contributed by atoms with E-state index in [9.17, 15) is 0 Å². The van der Waals surface area contributed by atoms with Crippen molar-refractivity contribution in [3.8, 4) is 11.4 Å². The molecule has 0 aliphatic carbocycles. The van der Waals surface area contributed by atoms with Gasteiger partial charge in [-0.05, 0) is 24.0 Å². The van der Waals surface area contributed by atoms with E-state index in [0.717, 1.165) is 23.4 Å². The van der Waals surface area contributed by atoms with Crippen LogP contribution in [0.3, 0.4) is 0 Å². The SMILES string of the molecule is CCc1c(N)n[nH]c1-c1ccsn1. The van der Waals surface area contributed by atoms with E-state index in [1.54, 1.807) is 0 Å². The minimum atomic E-state index is 0.575. The molecule has 0 aliphatic rings. The zero-order valence-electron chi connectivity index (χ0n) is 7.24. The lowest BCUT2D eigenvalue weighted by Crippen LogP contribution is -1.90. The first-order valence-corrected chi connectivity index (χ1v) is 4.90. The fraction of sp³-hybridized carbons (Fsp3) is 0.250. The molecule has 0 atom stereocenters. The molecule has 0 amide bonds. The van der Waals surface area contributed by atoms with Crippen molar-refractivity contribution < 1.29 is 0 Å². The Balaban J connectivity index is 2.52. The van der Waals surface area contributed by atoms with Crippen molar-refractivity contribution in [3.63, 3.8) is 0 Å². The molecule has 0 fully saturated rings. The molecule has 2 heterocycles. The summed E-state index contributed by atoms with van der Waals surface area (Å²) in [6, 6.07) is 1.96. The van der Waals surface area contributed by atoms with Crippen molar-refractivity contribution in [3.05, 3.63) is 17.0 Å². The van der Waals surface area contributed by atoms with Crippen LogP contribution in [0.15, 0.2) is 11.4 Å². The van der Waals surface area contributed by atoms with Gasteiger partial charge in [0.15, 0.2) is 0 Å². The Hall–Kier alpha value is -1.36. The van der Waals surface area contributed by atoms with Crippen molar-refractivity contribution in [2.24, 2.45) is 0 Å². The molecule has 0 aromatic carbocycles. The lowest BCUT2D eigenvalue weighted by molar-refractivity contribution is 1.10. The van der Waals surface area contributed by atoms with E-state index in [4.69, 9.17) is 5.73 Å². The largest absolute Gasteiger partial charge is 0.382 e. The van der Waals surface area contributed by atoms with Gasteiger partial charge < -0.3 is 5.73 Å². The van der Waals surface area contributed by atoms with Crippen LogP contribution in [0.2, 0.25) is 0 Å². The van der Waals surface area contributed by atoms with Crippen molar-refractivity contribution in [2.75, 3.05) is 5.73 Å². The van der Waals surface area contributed by atoms with Crippen LogP contribution in [0.5, 0.6) is 0 Å². The molecule has 5 heteroatoms. The van der Waals surface area contributed by atoms with Crippen LogP contribution < -0.4 is 5.73 Å². The summed E-state index contributed by atoms with van der Waals surface area (Å²) in [4.78, 5) is 0. The number of nitrogen functional groups attached to an aromatic ring is 1. The monoisotopic (exact) mass is 194 g/mol. The zero-order valence-corrected chi connectivity index (χ0v) is 8.06. The molecule has 2 aromatic rings. The van der Waals surface area contributed by atoms with Crippen LogP contribution in [0.4, 0.5) is 5.82 Å².